The van der Waals surface area contributed by atoms with Crippen molar-refractivity contribution >= 4 is 0 Å². The molecule has 0 spiro atoms. The molecule has 256 valence electrons. The lowest BCUT2D eigenvalue weighted by Crippen LogP contribution is -2.25. The van der Waals surface area contributed by atoms with Crippen molar-refractivity contribution in [1.82, 2.24) is 0 Å². The number of ether oxygens (including phenoxy) is 1. The number of rotatable bonds is 12. The van der Waals surface area contributed by atoms with Gasteiger partial charge in [-0.15, -0.1) is 0 Å². The summed E-state index contributed by atoms with van der Waals surface area (Å²) in [7, 11) is 0. The Balaban J connectivity index is 1.32. The highest BCUT2D eigenvalue weighted by Gasteiger charge is 2.41. The van der Waals surface area contributed by atoms with Crippen LogP contribution in [0.4, 0.5) is 39.5 Å². The second kappa shape index (κ2) is 15.1. The van der Waals surface area contributed by atoms with Crippen LogP contribution in [0.3, 0.4) is 0 Å². The summed E-state index contributed by atoms with van der Waals surface area (Å²) >= 11 is 0. The molecular weight excluding hydrogens is 643 g/mol. The fourth-order valence-corrected chi connectivity index (χ4v) is 6.58. The first kappa shape index (κ1) is 35.4. The first-order chi connectivity index (χ1) is 22.9. The summed E-state index contributed by atoms with van der Waals surface area (Å²) in [5, 5.41) is 0. The van der Waals surface area contributed by atoms with Crippen LogP contribution in [0.15, 0.2) is 60.7 Å². The Hall–Kier alpha value is -3.95. The van der Waals surface area contributed by atoms with Crippen molar-refractivity contribution in [3.05, 3.63) is 112 Å². The van der Waals surface area contributed by atoms with Crippen molar-refractivity contribution in [3.8, 4) is 28.0 Å². The fourth-order valence-electron chi connectivity index (χ4n) is 6.58. The van der Waals surface area contributed by atoms with E-state index in [0.29, 0.717) is 30.2 Å². The van der Waals surface area contributed by atoms with Gasteiger partial charge < -0.3 is 4.74 Å². The van der Waals surface area contributed by atoms with Gasteiger partial charge in [0, 0.05) is 35.2 Å². The van der Waals surface area contributed by atoms with Gasteiger partial charge >= 0.3 is 6.11 Å². The van der Waals surface area contributed by atoms with Crippen LogP contribution in [0, 0.1) is 40.8 Å². The maximum atomic E-state index is 15.3. The van der Waals surface area contributed by atoms with Crippen LogP contribution in [-0.4, -0.2) is 6.67 Å². The highest BCUT2D eigenvalue weighted by Crippen LogP contribution is 2.41. The molecule has 10 heteroatoms. The standard InChI is InChI=1S/C38H35F9O/c1-2-3-4-5-22-6-8-23(9-7-22)24-10-12-28(31(40)16-24)25-11-13-29(32(41)17-25)26-18-35(44)37(36(45)19-26)38(46,47)48-27-20-33(42)30(14-15-39)34(43)21-27/h10-13,16-23H,2-9,14-15H2,1H3. The van der Waals surface area contributed by atoms with E-state index in [4.69, 9.17) is 0 Å². The molecule has 4 aromatic rings. The Kier molecular flexibility index (Phi) is 11.1. The molecule has 0 radical (unpaired) electrons. The molecule has 5 rings (SSSR count). The Labute approximate surface area is 273 Å². The van der Waals surface area contributed by atoms with Crippen LogP contribution in [-0.2, 0) is 12.5 Å². The van der Waals surface area contributed by atoms with E-state index in [1.807, 2.05) is 6.07 Å². The minimum Gasteiger partial charge on any atom is -0.429 e. The number of benzene rings is 4. The second-order valence-electron chi connectivity index (χ2n) is 12.4. The maximum Gasteiger partial charge on any atom is 0.432 e. The fraction of sp³-hybridized carbons (Fsp3) is 0.368. The molecule has 0 heterocycles. The molecule has 1 aliphatic rings. The minimum atomic E-state index is -4.74. The number of halogens is 9. The van der Waals surface area contributed by atoms with E-state index in [1.165, 1.54) is 37.8 Å². The molecule has 1 fully saturated rings. The highest BCUT2D eigenvalue weighted by molar-refractivity contribution is 5.72. The molecule has 1 nitrogen and oxygen atoms in total. The van der Waals surface area contributed by atoms with Crippen LogP contribution >= 0.6 is 0 Å². The van der Waals surface area contributed by atoms with Gasteiger partial charge in [0.1, 0.15) is 46.2 Å². The van der Waals surface area contributed by atoms with Crippen LogP contribution in [0.5, 0.6) is 5.75 Å². The van der Waals surface area contributed by atoms with E-state index >= 15 is 8.78 Å². The lowest BCUT2D eigenvalue weighted by molar-refractivity contribution is -0.189. The maximum absolute atomic E-state index is 15.3. The summed E-state index contributed by atoms with van der Waals surface area (Å²) in [5.74, 6) is -8.04. The van der Waals surface area contributed by atoms with Crippen LogP contribution in [0.25, 0.3) is 22.3 Å². The van der Waals surface area contributed by atoms with Crippen molar-refractivity contribution < 1.29 is 44.3 Å². The van der Waals surface area contributed by atoms with Gasteiger partial charge in [0.15, 0.2) is 0 Å². The quantitative estimate of drug-likeness (QED) is 0.107. The van der Waals surface area contributed by atoms with E-state index in [9.17, 15) is 30.7 Å². The molecule has 1 saturated carbocycles. The molecule has 0 bridgehead atoms. The summed E-state index contributed by atoms with van der Waals surface area (Å²) < 4.78 is 135. The number of alkyl halides is 3. The molecule has 0 aliphatic heterocycles. The lowest BCUT2D eigenvalue weighted by Gasteiger charge is -2.29. The zero-order valence-corrected chi connectivity index (χ0v) is 26.3. The molecule has 0 saturated heterocycles. The third-order valence-electron chi connectivity index (χ3n) is 9.16. The summed E-state index contributed by atoms with van der Waals surface area (Å²) in [5.41, 5.74) is -2.15. The number of hydrogen-bond acceptors (Lipinski definition) is 1. The van der Waals surface area contributed by atoms with Gasteiger partial charge in [-0.25, -0.2) is 26.3 Å². The van der Waals surface area contributed by atoms with E-state index in [-0.39, 0.29) is 22.6 Å². The first-order valence-corrected chi connectivity index (χ1v) is 16.1. The van der Waals surface area contributed by atoms with Gasteiger partial charge in [-0.1, -0.05) is 56.9 Å². The van der Waals surface area contributed by atoms with E-state index in [2.05, 4.69) is 11.7 Å². The van der Waals surface area contributed by atoms with Crippen molar-refractivity contribution in [2.75, 3.05) is 6.67 Å². The zero-order valence-electron chi connectivity index (χ0n) is 26.3. The predicted octanol–water partition coefficient (Wildman–Crippen LogP) is 12.3. The molecule has 0 amide bonds. The topological polar surface area (TPSA) is 9.23 Å². The second-order valence-corrected chi connectivity index (χ2v) is 12.4. The van der Waals surface area contributed by atoms with E-state index in [1.54, 1.807) is 6.07 Å². The average Bonchev–Trinajstić information content (AvgIpc) is 3.02. The largest absolute Gasteiger partial charge is 0.432 e. The third-order valence-corrected chi connectivity index (χ3v) is 9.16. The summed E-state index contributed by atoms with van der Waals surface area (Å²) in [4.78, 5) is 0. The highest BCUT2D eigenvalue weighted by atomic mass is 19.3. The predicted molar refractivity (Wildman–Crippen MR) is 167 cm³/mol. The molecule has 0 atom stereocenters. The number of unbranched alkanes of at least 4 members (excludes halogenated alkanes) is 2. The van der Waals surface area contributed by atoms with Gasteiger partial charge in [0.05, 0.1) is 6.67 Å². The molecule has 0 aromatic heterocycles. The molecule has 4 aromatic carbocycles. The van der Waals surface area contributed by atoms with Crippen molar-refractivity contribution in [2.24, 2.45) is 5.92 Å². The Morgan fingerprint density at radius 3 is 1.83 bits per heavy atom. The number of hydrogen-bond donors (Lipinski definition) is 0. The average molecular weight is 679 g/mol. The first-order valence-electron chi connectivity index (χ1n) is 16.1. The summed E-state index contributed by atoms with van der Waals surface area (Å²) in [6, 6.07) is 10.0. The molecule has 1 aliphatic carbocycles. The lowest BCUT2D eigenvalue weighted by atomic mass is 9.77. The Bertz CT molecular complexity index is 1700. The van der Waals surface area contributed by atoms with Crippen LogP contribution in [0.2, 0.25) is 0 Å². The van der Waals surface area contributed by atoms with Crippen LogP contribution < -0.4 is 4.74 Å². The normalized spacial score (nSPS) is 16.7. The Morgan fingerprint density at radius 1 is 0.667 bits per heavy atom. The Morgan fingerprint density at radius 2 is 1.25 bits per heavy atom. The van der Waals surface area contributed by atoms with Gasteiger partial charge in [-0.3, -0.25) is 4.39 Å². The summed E-state index contributed by atoms with van der Waals surface area (Å²) in [6.07, 6.45) is 3.65. The molecule has 0 unspecified atom stereocenters. The molecule has 48 heavy (non-hydrogen) atoms. The SMILES string of the molecule is CCCCCC1CCC(c2ccc(-c3ccc(-c4cc(F)c(C(F)(F)Oc5cc(F)c(CCF)c(F)c5)c(F)c4)c(F)c3)c(F)c2)CC1. The minimum absolute atomic E-state index is 0.132. The third kappa shape index (κ3) is 7.84. The zero-order chi connectivity index (χ0) is 34.6. The smallest absolute Gasteiger partial charge is 0.429 e. The summed E-state index contributed by atoms with van der Waals surface area (Å²) in [6.45, 7) is 1.07. The monoisotopic (exact) mass is 678 g/mol. The molecular formula is C38H35F9O. The van der Waals surface area contributed by atoms with E-state index in [0.717, 1.165) is 43.4 Å². The van der Waals surface area contributed by atoms with Crippen molar-refractivity contribution in [2.45, 2.75) is 76.7 Å². The van der Waals surface area contributed by atoms with Crippen molar-refractivity contribution in [1.29, 1.82) is 0 Å². The molecule has 0 N–H and O–H groups in total. The van der Waals surface area contributed by atoms with E-state index < -0.39 is 76.5 Å². The van der Waals surface area contributed by atoms with Crippen LogP contribution in [0.1, 0.15) is 80.9 Å². The van der Waals surface area contributed by atoms with Gasteiger partial charge in [0.25, 0.3) is 0 Å². The van der Waals surface area contributed by atoms with Crippen molar-refractivity contribution in [3.63, 3.8) is 0 Å². The van der Waals surface area contributed by atoms with Gasteiger partial charge in [0.2, 0.25) is 0 Å². The van der Waals surface area contributed by atoms with Gasteiger partial charge in [-0.2, -0.15) is 8.78 Å². The van der Waals surface area contributed by atoms with Gasteiger partial charge in [-0.05, 0) is 78.5 Å².